The first-order valence-electron chi connectivity index (χ1n) is 1.73. The van der Waals surface area contributed by atoms with Crippen molar-refractivity contribution >= 4 is 8.48 Å². The van der Waals surface area contributed by atoms with Gasteiger partial charge in [-0.05, 0) is 13.1 Å². The Morgan fingerprint density at radius 3 is 1.67 bits per heavy atom. The maximum absolute atomic E-state index is 5.33. The summed E-state index contributed by atoms with van der Waals surface area (Å²) in [6, 6.07) is 0. The molecule has 0 fully saturated rings. The maximum atomic E-state index is 5.33. The molecule has 0 heterocycles. The van der Waals surface area contributed by atoms with Crippen molar-refractivity contribution in [3.8, 4) is 0 Å². The smallest absolute Gasteiger partial charge is 0.283 e. The van der Waals surface area contributed by atoms with Crippen molar-refractivity contribution in [2.75, 3.05) is 0 Å². The van der Waals surface area contributed by atoms with Gasteiger partial charge in [-0.3, -0.25) is 0 Å². The van der Waals surface area contributed by atoms with Gasteiger partial charge < -0.3 is 9.93 Å². The lowest BCUT2D eigenvalue weighted by Gasteiger charge is -2.08. The Balaban J connectivity index is 3.17. The summed E-state index contributed by atoms with van der Waals surface area (Å²) in [4.78, 5) is 0. The SMILES string of the molecule is C[Si](C)(N)ON. The first-order valence-corrected chi connectivity index (χ1v) is 4.71. The van der Waals surface area contributed by atoms with E-state index in [0.29, 0.717) is 0 Å². The van der Waals surface area contributed by atoms with E-state index >= 15 is 0 Å². The minimum atomic E-state index is -1.85. The quantitative estimate of drug-likeness (QED) is 0.351. The highest BCUT2D eigenvalue weighted by molar-refractivity contribution is 6.67. The highest BCUT2D eigenvalue weighted by atomic mass is 28.4. The molecular formula is C2H10N2OSi. The second kappa shape index (κ2) is 1.70. The van der Waals surface area contributed by atoms with E-state index in [9.17, 15) is 0 Å². The van der Waals surface area contributed by atoms with Gasteiger partial charge in [-0.2, -0.15) is 0 Å². The van der Waals surface area contributed by atoms with E-state index in [1.165, 1.54) is 0 Å². The Bertz CT molecular complexity index is 41.3. The summed E-state index contributed by atoms with van der Waals surface area (Å²) in [5.74, 6) is 4.74. The minimum Gasteiger partial charge on any atom is -0.330 e. The molecule has 0 aromatic rings. The molecular weight excluding hydrogens is 96.1 g/mol. The van der Waals surface area contributed by atoms with Crippen molar-refractivity contribution in [3.05, 3.63) is 0 Å². The summed E-state index contributed by atoms with van der Waals surface area (Å²) in [6.07, 6.45) is 0. The molecule has 0 amide bonds. The largest absolute Gasteiger partial charge is 0.330 e. The van der Waals surface area contributed by atoms with Crippen LogP contribution in [0.4, 0.5) is 0 Å². The van der Waals surface area contributed by atoms with Crippen molar-refractivity contribution in [3.63, 3.8) is 0 Å². The van der Waals surface area contributed by atoms with Crippen molar-refractivity contribution in [2.45, 2.75) is 13.1 Å². The van der Waals surface area contributed by atoms with Crippen LogP contribution in [0, 0.1) is 0 Å². The molecule has 0 atom stereocenters. The molecule has 0 saturated heterocycles. The van der Waals surface area contributed by atoms with E-state index in [-0.39, 0.29) is 0 Å². The number of hydrogen-bond donors (Lipinski definition) is 2. The molecule has 3 nitrogen and oxygen atoms in total. The Morgan fingerprint density at radius 2 is 1.67 bits per heavy atom. The van der Waals surface area contributed by atoms with Gasteiger partial charge in [0.15, 0.2) is 0 Å². The van der Waals surface area contributed by atoms with Gasteiger partial charge >= 0.3 is 0 Å². The third-order valence-electron chi connectivity index (χ3n) is 0.304. The van der Waals surface area contributed by atoms with Crippen LogP contribution in [0.2, 0.25) is 13.1 Å². The fraction of sp³-hybridized carbons (Fsp3) is 1.00. The molecule has 6 heavy (non-hydrogen) atoms. The van der Waals surface area contributed by atoms with Crippen LogP contribution in [0.3, 0.4) is 0 Å². The van der Waals surface area contributed by atoms with Gasteiger partial charge in [0.25, 0.3) is 8.48 Å². The first kappa shape index (κ1) is 6.10. The van der Waals surface area contributed by atoms with Crippen LogP contribution in [0.1, 0.15) is 0 Å². The average Bonchev–Trinajstić information content (AvgIpc) is 1.35. The summed E-state index contributed by atoms with van der Waals surface area (Å²) < 4.78 is 4.35. The van der Waals surface area contributed by atoms with Crippen LogP contribution in [0.15, 0.2) is 0 Å². The minimum absolute atomic E-state index is 1.81. The van der Waals surface area contributed by atoms with E-state index in [2.05, 4.69) is 4.53 Å². The van der Waals surface area contributed by atoms with Crippen molar-refractivity contribution < 1.29 is 4.53 Å². The van der Waals surface area contributed by atoms with Gasteiger partial charge in [0.1, 0.15) is 0 Å². The molecule has 0 aliphatic rings. The number of hydrogen-bond acceptors (Lipinski definition) is 3. The molecule has 0 unspecified atom stereocenters. The molecule has 38 valence electrons. The average molecular weight is 106 g/mol. The van der Waals surface area contributed by atoms with Crippen molar-refractivity contribution in [2.24, 2.45) is 11.3 Å². The van der Waals surface area contributed by atoms with Gasteiger partial charge in [-0.15, -0.1) is 0 Å². The topological polar surface area (TPSA) is 61.3 Å². The Labute approximate surface area is 38.4 Å². The van der Waals surface area contributed by atoms with E-state index in [1.54, 1.807) is 0 Å². The summed E-state index contributed by atoms with van der Waals surface area (Å²) in [6.45, 7) is 3.62. The molecule has 0 aliphatic carbocycles. The highest BCUT2D eigenvalue weighted by Crippen LogP contribution is 1.84. The third kappa shape index (κ3) is 4.10. The zero-order valence-electron chi connectivity index (χ0n) is 4.06. The molecule has 0 aromatic heterocycles. The second-order valence-corrected chi connectivity index (χ2v) is 5.16. The zero-order chi connectivity index (χ0) is 5.21. The van der Waals surface area contributed by atoms with E-state index in [1.807, 2.05) is 13.1 Å². The Morgan fingerprint density at radius 1 is 1.50 bits per heavy atom. The van der Waals surface area contributed by atoms with Crippen LogP contribution in [-0.4, -0.2) is 8.48 Å². The number of rotatable bonds is 1. The maximum Gasteiger partial charge on any atom is 0.283 e. The lowest BCUT2D eigenvalue weighted by atomic mass is 11.9. The normalized spacial score (nSPS) is 12.0. The standard InChI is InChI=1S/C2H10N2OSi/c1-6(2,4)5-3/h3-4H2,1-2H3. The monoisotopic (exact) mass is 106 g/mol. The lowest BCUT2D eigenvalue weighted by molar-refractivity contribution is 0.324. The Hall–Kier alpha value is 0.0969. The molecule has 0 rings (SSSR count). The van der Waals surface area contributed by atoms with Crippen LogP contribution in [0.5, 0.6) is 0 Å². The second-order valence-electron chi connectivity index (χ2n) is 1.72. The van der Waals surface area contributed by atoms with Crippen LogP contribution < -0.4 is 11.3 Å². The molecule has 0 saturated carbocycles. The lowest BCUT2D eigenvalue weighted by Crippen LogP contribution is -2.44. The van der Waals surface area contributed by atoms with Crippen molar-refractivity contribution in [1.29, 1.82) is 0 Å². The Kier molecular flexibility index (Phi) is 1.73. The van der Waals surface area contributed by atoms with Gasteiger partial charge in [0, 0.05) is 0 Å². The predicted molar refractivity (Wildman–Crippen MR) is 26.9 cm³/mol. The summed E-state index contributed by atoms with van der Waals surface area (Å²) in [5.41, 5.74) is 0. The third-order valence-corrected chi connectivity index (χ3v) is 0.911. The van der Waals surface area contributed by atoms with Gasteiger partial charge in [-0.25, -0.2) is 5.90 Å². The molecule has 4 N–H and O–H groups in total. The van der Waals surface area contributed by atoms with Gasteiger partial charge in [0.05, 0.1) is 0 Å². The predicted octanol–water partition coefficient (Wildman–Crippen LogP) is -0.463. The van der Waals surface area contributed by atoms with Crippen LogP contribution in [-0.2, 0) is 4.53 Å². The molecule has 0 spiro atoms. The molecule has 0 bridgehead atoms. The fourth-order valence-corrected chi connectivity index (χ4v) is 0. The molecule has 0 radical (unpaired) electrons. The highest BCUT2D eigenvalue weighted by Gasteiger charge is 2.12. The van der Waals surface area contributed by atoms with E-state index in [4.69, 9.17) is 11.3 Å². The van der Waals surface area contributed by atoms with E-state index < -0.39 is 8.48 Å². The van der Waals surface area contributed by atoms with Crippen LogP contribution in [0.25, 0.3) is 0 Å². The number of nitrogens with two attached hydrogens (primary N) is 2. The summed E-state index contributed by atoms with van der Waals surface area (Å²) >= 11 is 0. The molecule has 0 aromatic carbocycles. The fourth-order valence-electron chi connectivity index (χ4n) is 0. The van der Waals surface area contributed by atoms with Gasteiger partial charge in [0.2, 0.25) is 0 Å². The summed E-state index contributed by atoms with van der Waals surface area (Å²) in [5, 5.41) is 5.33. The van der Waals surface area contributed by atoms with E-state index in [0.717, 1.165) is 0 Å². The molecule has 4 heteroatoms. The zero-order valence-corrected chi connectivity index (χ0v) is 5.06. The summed E-state index contributed by atoms with van der Waals surface area (Å²) in [7, 11) is -1.85. The van der Waals surface area contributed by atoms with Gasteiger partial charge in [-0.1, -0.05) is 0 Å². The van der Waals surface area contributed by atoms with Crippen molar-refractivity contribution in [1.82, 2.24) is 0 Å². The first-order chi connectivity index (χ1) is 2.56. The van der Waals surface area contributed by atoms with Crippen LogP contribution >= 0.6 is 0 Å². The molecule has 0 aliphatic heterocycles.